The van der Waals surface area contributed by atoms with Gasteiger partial charge >= 0.3 is 0 Å². The normalized spacial score (nSPS) is 19.8. The summed E-state index contributed by atoms with van der Waals surface area (Å²) in [7, 11) is 0. The summed E-state index contributed by atoms with van der Waals surface area (Å²) in [5.41, 5.74) is 2.56. The van der Waals surface area contributed by atoms with Crippen molar-refractivity contribution in [2.45, 2.75) is 12.1 Å². The van der Waals surface area contributed by atoms with E-state index in [0.717, 1.165) is 19.6 Å². The average molecular weight is 282 g/mol. The van der Waals surface area contributed by atoms with Crippen molar-refractivity contribution in [3.8, 4) is 0 Å². The zero-order chi connectivity index (χ0) is 14.5. The minimum atomic E-state index is 0.157. The first-order chi connectivity index (χ1) is 10.4. The van der Waals surface area contributed by atoms with Gasteiger partial charge in [-0.25, -0.2) is 0 Å². The summed E-state index contributed by atoms with van der Waals surface area (Å²) in [6.45, 7) is 2.93. The maximum absolute atomic E-state index is 9.72. The lowest BCUT2D eigenvalue weighted by Gasteiger charge is -2.41. The molecule has 1 saturated heterocycles. The van der Waals surface area contributed by atoms with E-state index in [0.29, 0.717) is 0 Å². The minimum Gasteiger partial charge on any atom is -0.395 e. The van der Waals surface area contributed by atoms with Crippen LogP contribution in [-0.2, 0) is 0 Å². The van der Waals surface area contributed by atoms with Crippen LogP contribution in [0.5, 0.6) is 0 Å². The van der Waals surface area contributed by atoms with Crippen molar-refractivity contribution in [1.82, 2.24) is 10.2 Å². The molecule has 1 heterocycles. The van der Waals surface area contributed by atoms with Crippen molar-refractivity contribution < 1.29 is 5.11 Å². The molecule has 1 fully saturated rings. The highest BCUT2D eigenvalue weighted by molar-refractivity contribution is 5.32. The molecule has 2 N–H and O–H groups in total. The molecule has 0 radical (unpaired) electrons. The van der Waals surface area contributed by atoms with Crippen molar-refractivity contribution in [2.75, 3.05) is 26.2 Å². The Kier molecular flexibility index (Phi) is 4.65. The van der Waals surface area contributed by atoms with Crippen LogP contribution in [0.4, 0.5) is 0 Å². The fourth-order valence-electron chi connectivity index (χ4n) is 3.13. The van der Waals surface area contributed by atoms with E-state index in [1.165, 1.54) is 11.1 Å². The predicted molar refractivity (Wildman–Crippen MR) is 85.2 cm³/mol. The second-order valence-electron chi connectivity index (χ2n) is 5.50. The van der Waals surface area contributed by atoms with Gasteiger partial charge in [0, 0.05) is 25.7 Å². The summed E-state index contributed by atoms with van der Waals surface area (Å²) in [4.78, 5) is 2.42. The summed E-state index contributed by atoms with van der Waals surface area (Å²) >= 11 is 0. The van der Waals surface area contributed by atoms with E-state index >= 15 is 0 Å². The van der Waals surface area contributed by atoms with E-state index in [2.05, 4.69) is 58.7 Å². The standard InChI is InChI=1S/C18H22N2O/c21-14-17-13-19-11-12-20(17)18(15-7-3-1-4-8-15)16-9-5-2-6-10-16/h1-10,17-19,21H,11-14H2. The molecular formula is C18H22N2O. The van der Waals surface area contributed by atoms with Crippen LogP contribution in [0.2, 0.25) is 0 Å². The van der Waals surface area contributed by atoms with E-state index in [4.69, 9.17) is 0 Å². The fraction of sp³-hybridized carbons (Fsp3) is 0.333. The van der Waals surface area contributed by atoms with Gasteiger partial charge in [0.1, 0.15) is 0 Å². The number of nitrogens with one attached hydrogen (secondary N) is 1. The number of rotatable bonds is 4. The van der Waals surface area contributed by atoms with Gasteiger partial charge in [-0.2, -0.15) is 0 Å². The maximum atomic E-state index is 9.72. The smallest absolute Gasteiger partial charge is 0.0606 e. The monoisotopic (exact) mass is 282 g/mol. The zero-order valence-electron chi connectivity index (χ0n) is 12.2. The van der Waals surface area contributed by atoms with Gasteiger partial charge in [0.25, 0.3) is 0 Å². The molecule has 0 aromatic heterocycles. The number of piperazine rings is 1. The quantitative estimate of drug-likeness (QED) is 0.901. The van der Waals surface area contributed by atoms with Gasteiger partial charge in [-0.05, 0) is 11.1 Å². The van der Waals surface area contributed by atoms with Gasteiger partial charge < -0.3 is 10.4 Å². The molecule has 1 aliphatic heterocycles. The van der Waals surface area contributed by atoms with Crippen LogP contribution in [0.1, 0.15) is 17.2 Å². The molecule has 2 aromatic rings. The average Bonchev–Trinajstić information content (AvgIpc) is 2.58. The molecule has 1 atom stereocenters. The van der Waals surface area contributed by atoms with Crippen LogP contribution in [0.3, 0.4) is 0 Å². The number of hydrogen-bond donors (Lipinski definition) is 2. The number of hydrogen-bond acceptors (Lipinski definition) is 3. The van der Waals surface area contributed by atoms with E-state index in [9.17, 15) is 5.11 Å². The van der Waals surface area contributed by atoms with E-state index in [1.54, 1.807) is 0 Å². The molecule has 110 valence electrons. The van der Waals surface area contributed by atoms with Gasteiger partial charge in [0.15, 0.2) is 0 Å². The summed E-state index contributed by atoms with van der Waals surface area (Å²) < 4.78 is 0. The molecule has 0 bridgehead atoms. The highest BCUT2D eigenvalue weighted by Crippen LogP contribution is 2.30. The lowest BCUT2D eigenvalue weighted by atomic mass is 9.95. The Morgan fingerprint density at radius 2 is 1.57 bits per heavy atom. The summed E-state index contributed by atoms with van der Waals surface area (Å²) in [5, 5.41) is 13.1. The Hall–Kier alpha value is -1.68. The van der Waals surface area contributed by atoms with Crippen LogP contribution in [-0.4, -0.2) is 42.3 Å². The Morgan fingerprint density at radius 3 is 2.10 bits per heavy atom. The van der Waals surface area contributed by atoms with Gasteiger partial charge in [-0.15, -0.1) is 0 Å². The summed E-state index contributed by atoms with van der Waals surface area (Å²) in [6.07, 6.45) is 0. The van der Waals surface area contributed by atoms with Crippen LogP contribution in [0.15, 0.2) is 60.7 Å². The maximum Gasteiger partial charge on any atom is 0.0606 e. The molecule has 0 amide bonds. The molecule has 3 rings (SSSR count). The molecule has 3 nitrogen and oxygen atoms in total. The third-order valence-electron chi connectivity index (χ3n) is 4.17. The highest BCUT2D eigenvalue weighted by Gasteiger charge is 2.30. The lowest BCUT2D eigenvalue weighted by molar-refractivity contribution is 0.0760. The first-order valence-corrected chi connectivity index (χ1v) is 7.57. The van der Waals surface area contributed by atoms with Gasteiger partial charge in [-0.1, -0.05) is 60.7 Å². The Balaban J connectivity index is 2.00. The summed E-state index contributed by atoms with van der Waals surface area (Å²) in [6, 6.07) is 21.5. The topological polar surface area (TPSA) is 35.5 Å². The minimum absolute atomic E-state index is 0.157. The van der Waals surface area contributed by atoms with Gasteiger partial charge in [0.2, 0.25) is 0 Å². The molecule has 0 aliphatic carbocycles. The molecule has 1 unspecified atom stereocenters. The van der Waals surface area contributed by atoms with Crippen LogP contribution >= 0.6 is 0 Å². The molecule has 1 aliphatic rings. The molecule has 21 heavy (non-hydrogen) atoms. The molecule has 0 saturated carbocycles. The van der Waals surface area contributed by atoms with Crippen LogP contribution < -0.4 is 5.32 Å². The number of benzene rings is 2. The second kappa shape index (κ2) is 6.85. The van der Waals surface area contributed by atoms with Crippen molar-refractivity contribution in [3.05, 3.63) is 71.8 Å². The third kappa shape index (κ3) is 3.16. The summed E-state index contributed by atoms with van der Waals surface area (Å²) in [5.74, 6) is 0. The number of aliphatic hydroxyl groups excluding tert-OH is 1. The molecule has 2 aromatic carbocycles. The van der Waals surface area contributed by atoms with Crippen LogP contribution in [0.25, 0.3) is 0 Å². The van der Waals surface area contributed by atoms with E-state index < -0.39 is 0 Å². The predicted octanol–water partition coefficient (Wildman–Crippen LogP) is 2.04. The SMILES string of the molecule is OCC1CNCCN1C(c1ccccc1)c1ccccc1. The number of nitrogens with zero attached hydrogens (tertiary/aromatic N) is 1. The Bertz CT molecular complexity index is 504. The highest BCUT2D eigenvalue weighted by atomic mass is 16.3. The first kappa shape index (κ1) is 14.3. The third-order valence-corrected chi connectivity index (χ3v) is 4.17. The zero-order valence-corrected chi connectivity index (χ0v) is 12.2. The molecule has 0 spiro atoms. The fourth-order valence-corrected chi connectivity index (χ4v) is 3.13. The van der Waals surface area contributed by atoms with E-state index in [-0.39, 0.29) is 18.7 Å². The van der Waals surface area contributed by atoms with Gasteiger partial charge in [0.05, 0.1) is 12.6 Å². The lowest BCUT2D eigenvalue weighted by Crippen LogP contribution is -2.54. The van der Waals surface area contributed by atoms with Crippen molar-refractivity contribution in [2.24, 2.45) is 0 Å². The molecule has 3 heteroatoms. The first-order valence-electron chi connectivity index (χ1n) is 7.57. The van der Waals surface area contributed by atoms with Crippen molar-refractivity contribution >= 4 is 0 Å². The molecular weight excluding hydrogens is 260 g/mol. The number of aliphatic hydroxyl groups is 1. The van der Waals surface area contributed by atoms with Crippen molar-refractivity contribution in [3.63, 3.8) is 0 Å². The van der Waals surface area contributed by atoms with Crippen LogP contribution in [0, 0.1) is 0 Å². The van der Waals surface area contributed by atoms with Crippen molar-refractivity contribution in [1.29, 1.82) is 0 Å². The van der Waals surface area contributed by atoms with Gasteiger partial charge in [-0.3, -0.25) is 4.90 Å². The Labute approximate surface area is 126 Å². The largest absolute Gasteiger partial charge is 0.395 e. The second-order valence-corrected chi connectivity index (χ2v) is 5.50. The Morgan fingerprint density at radius 1 is 1.00 bits per heavy atom. The van der Waals surface area contributed by atoms with E-state index in [1.807, 2.05) is 12.1 Å².